The average molecular weight is 480 g/mol. The quantitative estimate of drug-likeness (QED) is 0.459. The second-order valence-electron chi connectivity index (χ2n) is 6.00. The van der Waals surface area contributed by atoms with E-state index in [0.29, 0.717) is 17.3 Å². The SMILES string of the molecule is O=C(Nc1ncn(Cc2c(F)cccc2Cl)n1)c1ccn(Cn2cc(Br)cn2)n1. The summed E-state index contributed by atoms with van der Waals surface area (Å²) in [5.41, 5.74) is 0.491. The Kier molecular flexibility index (Phi) is 5.41. The zero-order valence-electron chi connectivity index (χ0n) is 14.7. The van der Waals surface area contributed by atoms with Crippen LogP contribution in [0, 0.1) is 5.82 Å². The van der Waals surface area contributed by atoms with E-state index in [0.717, 1.165) is 4.47 Å². The summed E-state index contributed by atoms with van der Waals surface area (Å²) in [7, 11) is 0. The number of benzene rings is 1. The molecule has 12 heteroatoms. The second-order valence-corrected chi connectivity index (χ2v) is 7.32. The number of hydrogen-bond acceptors (Lipinski definition) is 5. The van der Waals surface area contributed by atoms with E-state index in [-0.39, 0.29) is 18.2 Å². The molecule has 1 aromatic carbocycles. The highest BCUT2D eigenvalue weighted by atomic mass is 79.9. The third-order valence-corrected chi connectivity index (χ3v) is 4.67. The highest BCUT2D eigenvalue weighted by Crippen LogP contribution is 2.20. The van der Waals surface area contributed by atoms with Crippen molar-refractivity contribution in [1.82, 2.24) is 34.3 Å². The van der Waals surface area contributed by atoms with Gasteiger partial charge in [0, 0.05) is 23.0 Å². The van der Waals surface area contributed by atoms with Gasteiger partial charge in [0.1, 0.15) is 18.8 Å². The number of amides is 1. The van der Waals surface area contributed by atoms with Gasteiger partial charge < -0.3 is 0 Å². The van der Waals surface area contributed by atoms with Crippen LogP contribution in [0.25, 0.3) is 0 Å². The number of nitrogens with zero attached hydrogens (tertiary/aromatic N) is 7. The number of carbonyl (C=O) groups is 1. The van der Waals surface area contributed by atoms with Crippen molar-refractivity contribution in [1.29, 1.82) is 0 Å². The van der Waals surface area contributed by atoms with E-state index in [1.165, 1.54) is 23.1 Å². The van der Waals surface area contributed by atoms with E-state index in [1.807, 2.05) is 0 Å². The molecule has 3 aromatic heterocycles. The number of anilines is 1. The molecule has 0 spiro atoms. The summed E-state index contributed by atoms with van der Waals surface area (Å²) >= 11 is 9.34. The summed E-state index contributed by atoms with van der Waals surface area (Å²) in [4.78, 5) is 16.4. The van der Waals surface area contributed by atoms with Crippen molar-refractivity contribution < 1.29 is 9.18 Å². The monoisotopic (exact) mass is 478 g/mol. The first-order chi connectivity index (χ1) is 14.0. The third-order valence-electron chi connectivity index (χ3n) is 3.91. The van der Waals surface area contributed by atoms with Gasteiger partial charge in [-0.15, -0.1) is 5.10 Å². The van der Waals surface area contributed by atoms with Crippen LogP contribution in [0.4, 0.5) is 10.3 Å². The molecule has 3 heterocycles. The van der Waals surface area contributed by atoms with Gasteiger partial charge in [-0.1, -0.05) is 17.7 Å². The molecule has 1 amide bonds. The zero-order valence-corrected chi connectivity index (χ0v) is 17.0. The Morgan fingerprint density at radius 3 is 2.83 bits per heavy atom. The molecule has 0 atom stereocenters. The lowest BCUT2D eigenvalue weighted by Gasteiger charge is -2.05. The molecule has 0 aliphatic rings. The van der Waals surface area contributed by atoms with Crippen molar-refractivity contribution in [3.63, 3.8) is 0 Å². The minimum absolute atomic E-state index is 0.0769. The molecule has 29 heavy (non-hydrogen) atoms. The minimum Gasteiger partial charge on any atom is -0.288 e. The van der Waals surface area contributed by atoms with Crippen molar-refractivity contribution in [2.24, 2.45) is 0 Å². The molecule has 0 saturated carbocycles. The first kappa shape index (κ1) is 19.3. The van der Waals surface area contributed by atoms with Gasteiger partial charge in [-0.2, -0.15) is 10.2 Å². The van der Waals surface area contributed by atoms with Gasteiger partial charge in [-0.25, -0.2) is 18.7 Å². The molecule has 4 aromatic rings. The van der Waals surface area contributed by atoms with Gasteiger partial charge in [0.05, 0.1) is 17.2 Å². The van der Waals surface area contributed by atoms with Crippen molar-refractivity contribution >= 4 is 39.4 Å². The van der Waals surface area contributed by atoms with Crippen LogP contribution in [0.15, 0.2) is 53.7 Å². The number of carbonyl (C=O) groups excluding carboxylic acids is 1. The molecule has 4 rings (SSSR count). The van der Waals surface area contributed by atoms with Crippen molar-refractivity contribution in [2.75, 3.05) is 5.32 Å². The van der Waals surface area contributed by atoms with E-state index in [4.69, 9.17) is 11.6 Å². The number of aromatic nitrogens is 7. The molecular weight excluding hydrogens is 467 g/mol. The van der Waals surface area contributed by atoms with Gasteiger partial charge in [0.2, 0.25) is 5.95 Å². The fourth-order valence-corrected chi connectivity index (χ4v) is 3.12. The molecule has 1 N–H and O–H groups in total. The van der Waals surface area contributed by atoms with Crippen molar-refractivity contribution in [2.45, 2.75) is 13.2 Å². The van der Waals surface area contributed by atoms with Crippen molar-refractivity contribution in [3.05, 3.63) is 75.8 Å². The fraction of sp³-hybridized carbons (Fsp3) is 0.118. The maximum atomic E-state index is 13.9. The van der Waals surface area contributed by atoms with Crippen LogP contribution >= 0.6 is 27.5 Å². The van der Waals surface area contributed by atoms with Crippen LogP contribution in [0.2, 0.25) is 5.02 Å². The number of hydrogen-bond donors (Lipinski definition) is 1. The minimum atomic E-state index is -0.466. The normalized spacial score (nSPS) is 11.0. The predicted octanol–water partition coefficient (Wildman–Crippen LogP) is 3.03. The topological polar surface area (TPSA) is 95.5 Å². The van der Waals surface area contributed by atoms with Gasteiger partial charge in [0.15, 0.2) is 5.69 Å². The van der Waals surface area contributed by atoms with Gasteiger partial charge in [-0.05, 0) is 34.1 Å². The summed E-state index contributed by atoms with van der Waals surface area (Å²) < 4.78 is 19.4. The first-order valence-corrected chi connectivity index (χ1v) is 9.50. The summed E-state index contributed by atoms with van der Waals surface area (Å²) in [6.45, 7) is 0.442. The van der Waals surface area contributed by atoms with Gasteiger partial charge in [0.25, 0.3) is 5.91 Å². The Hall–Kier alpha value is -3.05. The van der Waals surface area contributed by atoms with Crippen LogP contribution in [-0.2, 0) is 13.2 Å². The summed E-state index contributed by atoms with van der Waals surface area (Å²) in [6, 6.07) is 6.01. The molecule has 0 radical (unpaired) electrons. The standard InChI is InChI=1S/C17H13BrClFN8O/c18-11-6-22-28(7-11)10-26-5-4-15(24-26)16(29)23-17-21-9-27(25-17)8-12-13(19)2-1-3-14(12)20/h1-7,9H,8,10H2,(H,23,25,29). The Morgan fingerprint density at radius 2 is 2.07 bits per heavy atom. The summed E-state index contributed by atoms with van der Waals surface area (Å²) in [5, 5.41) is 15.3. The van der Waals surface area contributed by atoms with Crippen molar-refractivity contribution in [3.8, 4) is 0 Å². The predicted molar refractivity (Wildman–Crippen MR) is 106 cm³/mol. The maximum Gasteiger partial charge on any atom is 0.278 e. The molecular formula is C17H13BrClFN8O. The van der Waals surface area contributed by atoms with Crippen LogP contribution in [0.3, 0.4) is 0 Å². The van der Waals surface area contributed by atoms with E-state index in [2.05, 4.69) is 41.5 Å². The van der Waals surface area contributed by atoms with E-state index < -0.39 is 11.7 Å². The number of halogens is 3. The Morgan fingerprint density at radius 1 is 1.21 bits per heavy atom. The lowest BCUT2D eigenvalue weighted by Crippen LogP contribution is -2.16. The van der Waals surface area contributed by atoms with Crippen LogP contribution < -0.4 is 5.32 Å². The first-order valence-electron chi connectivity index (χ1n) is 8.33. The summed E-state index contributed by atoms with van der Waals surface area (Å²) in [6.07, 6.45) is 6.50. The Labute approximate surface area is 177 Å². The largest absolute Gasteiger partial charge is 0.288 e. The van der Waals surface area contributed by atoms with E-state index in [1.54, 1.807) is 40.1 Å². The molecule has 9 nitrogen and oxygen atoms in total. The van der Waals surface area contributed by atoms with Crippen LogP contribution in [-0.4, -0.2) is 40.2 Å². The molecule has 148 valence electrons. The second kappa shape index (κ2) is 8.13. The third kappa shape index (κ3) is 4.51. The molecule has 0 saturated heterocycles. The number of rotatable bonds is 6. The average Bonchev–Trinajstić information content (AvgIpc) is 3.41. The smallest absolute Gasteiger partial charge is 0.278 e. The molecule has 0 unspecified atom stereocenters. The molecule has 0 aliphatic heterocycles. The van der Waals surface area contributed by atoms with E-state index >= 15 is 0 Å². The lowest BCUT2D eigenvalue weighted by atomic mass is 10.2. The van der Waals surface area contributed by atoms with Crippen LogP contribution in [0.1, 0.15) is 16.1 Å². The van der Waals surface area contributed by atoms with Crippen LogP contribution in [0.5, 0.6) is 0 Å². The van der Waals surface area contributed by atoms with Gasteiger partial charge in [-0.3, -0.25) is 14.8 Å². The highest BCUT2D eigenvalue weighted by molar-refractivity contribution is 9.10. The zero-order chi connectivity index (χ0) is 20.4. The highest BCUT2D eigenvalue weighted by Gasteiger charge is 2.14. The fourth-order valence-electron chi connectivity index (χ4n) is 2.56. The maximum absolute atomic E-state index is 13.9. The molecule has 0 bridgehead atoms. The Bertz CT molecular complexity index is 1150. The molecule has 0 fully saturated rings. The van der Waals surface area contributed by atoms with E-state index in [9.17, 15) is 9.18 Å². The van der Waals surface area contributed by atoms with Gasteiger partial charge >= 0.3 is 0 Å². The lowest BCUT2D eigenvalue weighted by molar-refractivity contribution is 0.102. The number of nitrogens with one attached hydrogen (secondary N) is 1. The Balaban J connectivity index is 1.40. The molecule has 0 aliphatic carbocycles. The summed E-state index contributed by atoms with van der Waals surface area (Å²) in [5.74, 6) is -0.826.